The molecule has 4 aromatic rings. The fourth-order valence-electron chi connectivity index (χ4n) is 3.30. The third kappa shape index (κ3) is 3.80. The van der Waals surface area contributed by atoms with E-state index in [0.717, 1.165) is 22.4 Å². The van der Waals surface area contributed by atoms with Gasteiger partial charge in [-0.1, -0.05) is 29.8 Å². The lowest BCUT2D eigenvalue weighted by molar-refractivity contribution is 0.0698. The second kappa shape index (κ2) is 7.83. The number of aryl methyl sites for hydroxylation is 2. The molecule has 0 fully saturated rings. The zero-order valence-electron chi connectivity index (χ0n) is 16.6. The molecule has 0 amide bonds. The van der Waals surface area contributed by atoms with Crippen LogP contribution in [0, 0.1) is 19.7 Å². The Morgan fingerprint density at radius 2 is 1.73 bits per heavy atom. The highest BCUT2D eigenvalue weighted by Crippen LogP contribution is 2.30. The summed E-state index contributed by atoms with van der Waals surface area (Å²) in [4.78, 5) is 11.7. The first-order valence-corrected chi connectivity index (χ1v) is 9.45. The van der Waals surface area contributed by atoms with Crippen LogP contribution in [0.15, 0.2) is 72.8 Å². The zero-order chi connectivity index (χ0) is 21.3. The number of nitrogens with one attached hydrogen (secondary N) is 1. The standard InChI is InChI=1S/C24H20FN3O2/c1-15-7-12-20(19(13-15)24(29)30)26-23-14-21(17-8-10-18(25)11-9-17)27-28(23)22-6-4-3-5-16(22)2/h3-14,26H,1-2H3,(H,29,30). The van der Waals surface area contributed by atoms with Crippen molar-refractivity contribution >= 4 is 17.5 Å². The smallest absolute Gasteiger partial charge is 0.337 e. The van der Waals surface area contributed by atoms with Crippen LogP contribution in [0.25, 0.3) is 16.9 Å². The number of nitrogens with zero attached hydrogens (tertiary/aromatic N) is 2. The predicted octanol–water partition coefficient (Wildman–Crippen LogP) is 5.74. The van der Waals surface area contributed by atoms with Crippen LogP contribution in [0.2, 0.25) is 0 Å². The first-order valence-electron chi connectivity index (χ1n) is 9.45. The van der Waals surface area contributed by atoms with Crippen LogP contribution in [0.5, 0.6) is 0 Å². The highest BCUT2D eigenvalue weighted by molar-refractivity contribution is 5.95. The Balaban J connectivity index is 1.85. The van der Waals surface area contributed by atoms with Gasteiger partial charge < -0.3 is 10.4 Å². The van der Waals surface area contributed by atoms with Crippen molar-refractivity contribution < 1.29 is 14.3 Å². The van der Waals surface area contributed by atoms with Gasteiger partial charge in [-0.05, 0) is 61.9 Å². The van der Waals surface area contributed by atoms with Gasteiger partial charge in [0.1, 0.15) is 11.6 Å². The number of rotatable bonds is 5. The van der Waals surface area contributed by atoms with Gasteiger partial charge in [0.25, 0.3) is 0 Å². The van der Waals surface area contributed by atoms with Crippen molar-refractivity contribution in [3.63, 3.8) is 0 Å². The van der Waals surface area contributed by atoms with Crippen LogP contribution in [0.4, 0.5) is 15.9 Å². The van der Waals surface area contributed by atoms with Gasteiger partial charge in [0, 0.05) is 11.6 Å². The summed E-state index contributed by atoms with van der Waals surface area (Å²) in [5.74, 6) is -0.724. The fraction of sp³-hybridized carbons (Fsp3) is 0.0833. The summed E-state index contributed by atoms with van der Waals surface area (Å²) in [5, 5.41) is 17.5. The van der Waals surface area contributed by atoms with Gasteiger partial charge in [0.2, 0.25) is 0 Å². The minimum atomic E-state index is -1.01. The van der Waals surface area contributed by atoms with Crippen molar-refractivity contribution in [1.29, 1.82) is 0 Å². The van der Waals surface area contributed by atoms with Crippen molar-refractivity contribution in [2.24, 2.45) is 0 Å². The summed E-state index contributed by atoms with van der Waals surface area (Å²) in [5.41, 5.74) is 4.77. The Morgan fingerprint density at radius 1 is 1.00 bits per heavy atom. The normalized spacial score (nSPS) is 10.8. The second-order valence-electron chi connectivity index (χ2n) is 7.10. The minimum absolute atomic E-state index is 0.177. The number of hydrogen-bond acceptors (Lipinski definition) is 3. The van der Waals surface area contributed by atoms with Gasteiger partial charge in [0.05, 0.1) is 22.6 Å². The molecule has 1 aromatic heterocycles. The molecule has 0 aliphatic carbocycles. The van der Waals surface area contributed by atoms with E-state index in [4.69, 9.17) is 5.10 Å². The first-order chi connectivity index (χ1) is 14.4. The number of anilines is 2. The van der Waals surface area contributed by atoms with Gasteiger partial charge in [-0.15, -0.1) is 0 Å². The Hall–Kier alpha value is -3.93. The van der Waals surface area contributed by atoms with Crippen molar-refractivity contribution in [3.8, 4) is 16.9 Å². The number of para-hydroxylation sites is 1. The van der Waals surface area contributed by atoms with Crippen molar-refractivity contribution in [3.05, 3.63) is 95.3 Å². The molecule has 0 unspecified atom stereocenters. The molecule has 6 heteroatoms. The van der Waals surface area contributed by atoms with Gasteiger partial charge in [-0.25, -0.2) is 13.9 Å². The summed E-state index contributed by atoms with van der Waals surface area (Å²) in [7, 11) is 0. The molecule has 0 bridgehead atoms. The molecule has 0 saturated carbocycles. The van der Waals surface area contributed by atoms with E-state index >= 15 is 0 Å². The number of carbonyl (C=O) groups is 1. The number of hydrogen-bond donors (Lipinski definition) is 2. The molecule has 0 saturated heterocycles. The lowest BCUT2D eigenvalue weighted by Gasteiger charge is -2.13. The first kappa shape index (κ1) is 19.4. The number of carboxylic acid groups (broad SMARTS) is 1. The van der Waals surface area contributed by atoms with Crippen LogP contribution in [0.1, 0.15) is 21.5 Å². The van der Waals surface area contributed by atoms with Crippen molar-refractivity contribution in [1.82, 2.24) is 9.78 Å². The molecular weight excluding hydrogens is 381 g/mol. The molecule has 1 heterocycles. The maximum Gasteiger partial charge on any atom is 0.337 e. The number of benzene rings is 3. The van der Waals surface area contributed by atoms with Crippen LogP contribution < -0.4 is 5.32 Å². The molecule has 3 aromatic carbocycles. The molecular formula is C24H20FN3O2. The molecule has 0 aliphatic heterocycles. The number of aromatic carboxylic acids is 1. The maximum atomic E-state index is 13.4. The van der Waals surface area contributed by atoms with Crippen LogP contribution in [0.3, 0.4) is 0 Å². The van der Waals surface area contributed by atoms with E-state index < -0.39 is 5.97 Å². The van der Waals surface area contributed by atoms with E-state index in [1.807, 2.05) is 50.2 Å². The lowest BCUT2D eigenvalue weighted by atomic mass is 10.1. The molecule has 0 atom stereocenters. The van der Waals surface area contributed by atoms with Crippen molar-refractivity contribution in [2.45, 2.75) is 13.8 Å². The minimum Gasteiger partial charge on any atom is -0.478 e. The molecule has 0 spiro atoms. The van der Waals surface area contributed by atoms with E-state index in [-0.39, 0.29) is 11.4 Å². The Kier molecular flexibility index (Phi) is 5.06. The molecule has 2 N–H and O–H groups in total. The van der Waals surface area contributed by atoms with Gasteiger partial charge in [0.15, 0.2) is 0 Å². The van der Waals surface area contributed by atoms with Crippen LogP contribution in [-0.4, -0.2) is 20.9 Å². The number of aromatic nitrogens is 2. The van der Waals surface area contributed by atoms with E-state index in [1.165, 1.54) is 12.1 Å². The van der Waals surface area contributed by atoms with Crippen LogP contribution >= 0.6 is 0 Å². The average Bonchev–Trinajstić information content (AvgIpc) is 3.13. The highest BCUT2D eigenvalue weighted by Gasteiger charge is 2.16. The zero-order valence-corrected chi connectivity index (χ0v) is 16.6. The van der Waals surface area contributed by atoms with Crippen molar-refractivity contribution in [2.75, 3.05) is 5.32 Å². The predicted molar refractivity (Wildman–Crippen MR) is 115 cm³/mol. The van der Waals surface area contributed by atoms with Crippen LogP contribution in [-0.2, 0) is 0 Å². The quantitative estimate of drug-likeness (QED) is 0.448. The summed E-state index contributed by atoms with van der Waals surface area (Å²) in [6.45, 7) is 3.83. The van der Waals surface area contributed by atoms with E-state index in [2.05, 4.69) is 5.32 Å². The summed E-state index contributed by atoms with van der Waals surface area (Å²) >= 11 is 0. The number of halogens is 1. The van der Waals surface area contributed by atoms with Gasteiger partial charge in [-0.3, -0.25) is 0 Å². The SMILES string of the molecule is Cc1ccc(Nc2cc(-c3ccc(F)cc3)nn2-c2ccccc2C)c(C(=O)O)c1. The molecule has 5 nitrogen and oxygen atoms in total. The van der Waals surface area contributed by atoms with Gasteiger partial charge >= 0.3 is 5.97 Å². The topological polar surface area (TPSA) is 67.2 Å². The molecule has 0 radical (unpaired) electrons. The number of carboxylic acids is 1. The molecule has 0 aliphatic rings. The van der Waals surface area contributed by atoms with E-state index in [1.54, 1.807) is 28.9 Å². The Labute approximate surface area is 173 Å². The third-order valence-corrected chi connectivity index (χ3v) is 4.86. The average molecular weight is 401 g/mol. The summed E-state index contributed by atoms with van der Waals surface area (Å²) < 4.78 is 15.1. The molecule has 4 rings (SSSR count). The Morgan fingerprint density at radius 3 is 2.43 bits per heavy atom. The monoisotopic (exact) mass is 401 g/mol. The van der Waals surface area contributed by atoms with E-state index in [0.29, 0.717) is 17.2 Å². The second-order valence-corrected chi connectivity index (χ2v) is 7.10. The van der Waals surface area contributed by atoms with Gasteiger partial charge in [-0.2, -0.15) is 5.10 Å². The summed E-state index contributed by atoms with van der Waals surface area (Å²) in [6, 6.07) is 20.9. The largest absolute Gasteiger partial charge is 0.478 e. The molecule has 150 valence electrons. The maximum absolute atomic E-state index is 13.4. The lowest BCUT2D eigenvalue weighted by Crippen LogP contribution is -2.07. The Bertz CT molecular complexity index is 1230. The fourth-order valence-corrected chi connectivity index (χ4v) is 3.30. The summed E-state index contributed by atoms with van der Waals surface area (Å²) in [6.07, 6.45) is 0. The molecule has 30 heavy (non-hydrogen) atoms. The highest BCUT2D eigenvalue weighted by atomic mass is 19.1. The third-order valence-electron chi connectivity index (χ3n) is 4.86. The van der Waals surface area contributed by atoms with E-state index in [9.17, 15) is 14.3 Å².